The van der Waals surface area contributed by atoms with Gasteiger partial charge in [-0.15, -0.1) is 29.7 Å². The second-order valence-electron chi connectivity index (χ2n) is 7.04. The van der Waals surface area contributed by atoms with E-state index in [0.29, 0.717) is 0 Å². The molecular formula is C31H39N3Ti. The van der Waals surface area contributed by atoms with Gasteiger partial charge in [-0.2, -0.15) is 59.8 Å². The van der Waals surface area contributed by atoms with Crippen molar-refractivity contribution in [2.24, 2.45) is 0 Å². The zero-order valence-electron chi connectivity index (χ0n) is 22.0. The van der Waals surface area contributed by atoms with Gasteiger partial charge in [0.15, 0.2) is 0 Å². The summed E-state index contributed by atoms with van der Waals surface area (Å²) in [4.78, 5) is 0. The van der Waals surface area contributed by atoms with Gasteiger partial charge in [-0.05, 0) is 11.1 Å². The van der Waals surface area contributed by atoms with Crippen LogP contribution in [0.2, 0.25) is 0 Å². The minimum atomic E-state index is 0. The molecule has 0 aromatic heterocycles. The Kier molecular flexibility index (Phi) is 25.6. The molecule has 0 spiro atoms. The van der Waals surface area contributed by atoms with Crippen LogP contribution < -0.4 is 0 Å². The Bertz CT molecular complexity index is 911. The summed E-state index contributed by atoms with van der Waals surface area (Å²) < 4.78 is 0. The zero-order chi connectivity index (χ0) is 25.3. The Morgan fingerprint density at radius 1 is 0.514 bits per heavy atom. The topological polar surface area (TPSA) is 42.3 Å². The monoisotopic (exact) mass is 501 g/mol. The smallest absolute Gasteiger partial charge is 0.668 e. The van der Waals surface area contributed by atoms with Gasteiger partial charge in [0.05, 0.1) is 0 Å². The van der Waals surface area contributed by atoms with Crippen LogP contribution in [0, 0.1) is 0 Å². The molecule has 0 N–H and O–H groups in total. The van der Waals surface area contributed by atoms with Crippen molar-refractivity contribution in [3.05, 3.63) is 142 Å². The molecule has 0 fully saturated rings. The third-order valence-electron chi connectivity index (χ3n) is 3.84. The molecule has 4 aromatic carbocycles. The second kappa shape index (κ2) is 26.0. The fraction of sp³-hybridized carbons (Fsp3) is 0.194. The summed E-state index contributed by atoms with van der Waals surface area (Å²) in [5.41, 5.74) is 2.44. The average molecular weight is 502 g/mol. The molecule has 0 unspecified atom stereocenters. The van der Waals surface area contributed by atoms with Crippen molar-refractivity contribution in [1.82, 2.24) is 0 Å². The summed E-state index contributed by atoms with van der Waals surface area (Å²) in [6.45, 7) is 0. The van der Waals surface area contributed by atoms with Gasteiger partial charge in [0.25, 0.3) is 0 Å². The maximum Gasteiger partial charge on any atom is 4.00 e. The van der Waals surface area contributed by atoms with Crippen LogP contribution in [0.5, 0.6) is 0 Å². The van der Waals surface area contributed by atoms with Crippen LogP contribution in [0.1, 0.15) is 11.1 Å². The Balaban J connectivity index is 0. The van der Waals surface area contributed by atoms with Gasteiger partial charge < -0.3 is 16.0 Å². The molecule has 0 aliphatic rings. The molecule has 0 aliphatic heterocycles. The second-order valence-corrected chi connectivity index (χ2v) is 7.04. The Morgan fingerprint density at radius 2 is 0.886 bits per heavy atom. The quantitative estimate of drug-likeness (QED) is 0.153. The molecule has 0 radical (unpaired) electrons. The van der Waals surface area contributed by atoms with E-state index < -0.39 is 0 Å². The number of nitrogens with zero attached hydrogens (tertiary/aromatic N) is 3. The molecule has 4 heteroatoms. The van der Waals surface area contributed by atoms with E-state index in [1.165, 1.54) is 21.9 Å². The predicted molar refractivity (Wildman–Crippen MR) is 156 cm³/mol. The van der Waals surface area contributed by atoms with Crippen molar-refractivity contribution in [2.45, 2.75) is 0 Å². The molecule has 35 heavy (non-hydrogen) atoms. The van der Waals surface area contributed by atoms with Gasteiger partial charge in [-0.1, -0.05) is 91.0 Å². The van der Waals surface area contributed by atoms with Crippen LogP contribution in [-0.2, 0) is 21.7 Å². The molecule has 4 rings (SSSR count). The molecule has 0 atom stereocenters. The normalized spacial score (nSPS) is 9.31. The van der Waals surface area contributed by atoms with Crippen molar-refractivity contribution >= 4 is 22.9 Å². The SMILES string of the molecule is C(C=Cc1ccccc1)=Cc1ccccc1.C[N-]C.C[N-]C.C[N-]C.[Ti+4].c1ccc2[cH-]ccc2c1. The number of fused-ring (bicyclic) bond motifs is 1. The summed E-state index contributed by atoms with van der Waals surface area (Å²) in [7, 11) is 10.5. The summed E-state index contributed by atoms with van der Waals surface area (Å²) >= 11 is 0. The third-order valence-corrected chi connectivity index (χ3v) is 3.84. The minimum Gasteiger partial charge on any atom is -0.668 e. The van der Waals surface area contributed by atoms with Crippen molar-refractivity contribution in [1.29, 1.82) is 0 Å². The molecular weight excluding hydrogens is 462 g/mol. The minimum absolute atomic E-state index is 0. The number of hydrogen-bond donors (Lipinski definition) is 0. The average Bonchev–Trinajstić information content (AvgIpc) is 3.34. The number of hydrogen-bond acceptors (Lipinski definition) is 0. The van der Waals surface area contributed by atoms with E-state index in [4.69, 9.17) is 0 Å². The summed E-state index contributed by atoms with van der Waals surface area (Å²) in [6, 6.07) is 35.3. The third kappa shape index (κ3) is 19.4. The number of allylic oxidation sites excluding steroid dienone is 2. The van der Waals surface area contributed by atoms with Gasteiger partial charge in [0.2, 0.25) is 0 Å². The van der Waals surface area contributed by atoms with Crippen molar-refractivity contribution in [2.75, 3.05) is 42.3 Å². The Hall–Kier alpha value is -2.66. The summed E-state index contributed by atoms with van der Waals surface area (Å²) in [5, 5.41) is 13.2. The van der Waals surface area contributed by atoms with E-state index in [0.717, 1.165) is 0 Å². The van der Waals surface area contributed by atoms with Crippen LogP contribution in [0.25, 0.3) is 38.9 Å². The molecule has 4 aromatic rings. The summed E-state index contributed by atoms with van der Waals surface area (Å²) in [5.74, 6) is 0. The van der Waals surface area contributed by atoms with E-state index in [1.54, 1.807) is 42.3 Å². The largest absolute Gasteiger partial charge is 4.00 e. The molecule has 0 amide bonds. The van der Waals surface area contributed by atoms with Crippen LogP contribution >= 0.6 is 0 Å². The number of benzene rings is 3. The van der Waals surface area contributed by atoms with Gasteiger partial charge in [-0.25, -0.2) is 0 Å². The van der Waals surface area contributed by atoms with Crippen LogP contribution in [0.15, 0.2) is 115 Å². The Morgan fingerprint density at radius 3 is 1.29 bits per heavy atom. The van der Waals surface area contributed by atoms with Crippen LogP contribution in [0.3, 0.4) is 0 Å². The predicted octanol–water partition coefficient (Wildman–Crippen LogP) is 8.83. The maximum absolute atomic E-state index is 3.50. The first-order chi connectivity index (χ1) is 16.7. The van der Waals surface area contributed by atoms with Crippen molar-refractivity contribution in [3.63, 3.8) is 0 Å². The van der Waals surface area contributed by atoms with Gasteiger partial charge in [0.1, 0.15) is 0 Å². The standard InChI is InChI=1S/C16H14.C9H7.3C2H6N.Ti/c1-3-9-15(10-4-1)13-7-8-14-16-11-5-2-6-12-16;1-2-5-9-7-3-6-8(9)4-1;3*1-3-2;/h1-14H;1-7H;3*1-2H3;/q;4*-1;+4. The molecule has 0 heterocycles. The van der Waals surface area contributed by atoms with Gasteiger partial charge >= 0.3 is 21.7 Å². The van der Waals surface area contributed by atoms with Crippen molar-refractivity contribution in [3.8, 4) is 0 Å². The van der Waals surface area contributed by atoms with E-state index >= 15 is 0 Å². The van der Waals surface area contributed by atoms with E-state index in [9.17, 15) is 0 Å². The molecule has 0 bridgehead atoms. The van der Waals surface area contributed by atoms with Crippen LogP contribution in [0.4, 0.5) is 0 Å². The first-order valence-corrected chi connectivity index (χ1v) is 11.2. The van der Waals surface area contributed by atoms with E-state index in [1.807, 2.05) is 36.4 Å². The first kappa shape index (κ1) is 34.5. The van der Waals surface area contributed by atoms with Crippen molar-refractivity contribution < 1.29 is 21.7 Å². The maximum atomic E-state index is 3.50. The molecule has 0 aliphatic carbocycles. The van der Waals surface area contributed by atoms with Crippen LogP contribution in [-0.4, -0.2) is 42.3 Å². The van der Waals surface area contributed by atoms with Gasteiger partial charge in [0, 0.05) is 0 Å². The van der Waals surface area contributed by atoms with Gasteiger partial charge in [-0.3, -0.25) is 0 Å². The zero-order valence-corrected chi connectivity index (χ0v) is 23.5. The fourth-order valence-corrected chi connectivity index (χ4v) is 2.53. The first-order valence-electron chi connectivity index (χ1n) is 11.2. The molecule has 3 nitrogen and oxygen atoms in total. The Labute approximate surface area is 228 Å². The molecule has 182 valence electrons. The fourth-order valence-electron chi connectivity index (χ4n) is 2.53. The number of rotatable bonds is 3. The molecule has 0 saturated heterocycles. The summed E-state index contributed by atoms with van der Waals surface area (Å²) in [6.07, 6.45) is 8.31. The molecule has 0 saturated carbocycles. The van der Waals surface area contributed by atoms with E-state index in [2.05, 4.69) is 107 Å². The van der Waals surface area contributed by atoms with E-state index in [-0.39, 0.29) is 21.7 Å².